The van der Waals surface area contributed by atoms with Gasteiger partial charge in [0.15, 0.2) is 6.61 Å². The van der Waals surface area contributed by atoms with Crippen LogP contribution in [0.1, 0.15) is 0 Å². The van der Waals surface area contributed by atoms with Crippen LogP contribution in [-0.4, -0.2) is 20.9 Å². The molecule has 0 aromatic heterocycles. The second-order valence-electron chi connectivity index (χ2n) is 6.04. The van der Waals surface area contributed by atoms with E-state index in [0.717, 1.165) is 0 Å². The van der Waals surface area contributed by atoms with Crippen LogP contribution in [0, 0.1) is 0 Å². The van der Waals surface area contributed by atoms with Crippen molar-refractivity contribution in [2.24, 2.45) is 0 Å². The highest BCUT2D eigenvalue weighted by Gasteiger charge is 2.26. The third kappa shape index (κ3) is 4.28. The van der Waals surface area contributed by atoms with E-state index in [1.807, 2.05) is 18.2 Å². The molecule has 7 nitrogen and oxygen atoms in total. The van der Waals surface area contributed by atoms with Crippen molar-refractivity contribution in [2.75, 3.05) is 11.9 Å². The van der Waals surface area contributed by atoms with Gasteiger partial charge in [-0.25, -0.2) is 0 Å². The lowest BCUT2D eigenvalue weighted by molar-refractivity contribution is -0.118. The smallest absolute Gasteiger partial charge is 0.340 e. The first kappa shape index (κ1) is 19.1. The van der Waals surface area contributed by atoms with E-state index >= 15 is 0 Å². The van der Waals surface area contributed by atoms with Crippen LogP contribution in [0.5, 0.6) is 23.0 Å². The van der Waals surface area contributed by atoms with Crippen LogP contribution in [-0.2, 0) is 14.9 Å². The van der Waals surface area contributed by atoms with Gasteiger partial charge in [0.2, 0.25) is 0 Å². The molecular formula is C20H14ClNO6S. The number of hydrogen-bond donors (Lipinski definition) is 1. The van der Waals surface area contributed by atoms with E-state index in [1.54, 1.807) is 24.3 Å². The molecule has 0 saturated heterocycles. The van der Waals surface area contributed by atoms with Gasteiger partial charge >= 0.3 is 10.1 Å². The Bertz CT molecular complexity index is 1160. The van der Waals surface area contributed by atoms with E-state index in [4.69, 9.17) is 25.3 Å². The SMILES string of the molecule is O=C1COc2cc(S(=O)(=O)Oc3ccc(Oc4ccccc4)cc3)c(Cl)cc2N1. The first-order valence-electron chi connectivity index (χ1n) is 8.44. The van der Waals surface area contributed by atoms with E-state index in [-0.39, 0.29) is 33.9 Å². The molecule has 0 bridgehead atoms. The molecule has 3 aromatic rings. The van der Waals surface area contributed by atoms with Gasteiger partial charge in [-0.1, -0.05) is 29.8 Å². The highest BCUT2D eigenvalue weighted by molar-refractivity contribution is 7.87. The molecule has 1 N–H and O–H groups in total. The number of nitrogens with one attached hydrogen (secondary N) is 1. The van der Waals surface area contributed by atoms with E-state index in [9.17, 15) is 13.2 Å². The first-order valence-corrected chi connectivity index (χ1v) is 10.2. The van der Waals surface area contributed by atoms with Crippen molar-refractivity contribution >= 4 is 33.3 Å². The molecule has 0 saturated carbocycles. The predicted octanol–water partition coefficient (Wildman–Crippen LogP) is 4.23. The molecule has 1 aliphatic rings. The van der Waals surface area contributed by atoms with E-state index in [0.29, 0.717) is 17.2 Å². The summed E-state index contributed by atoms with van der Waals surface area (Å²) in [7, 11) is -4.23. The third-order valence-electron chi connectivity index (χ3n) is 3.94. The third-order valence-corrected chi connectivity index (χ3v) is 5.66. The van der Waals surface area contributed by atoms with Crippen molar-refractivity contribution in [3.05, 3.63) is 71.8 Å². The lowest BCUT2D eigenvalue weighted by atomic mass is 10.2. The molecule has 0 spiro atoms. The van der Waals surface area contributed by atoms with Gasteiger partial charge in [-0.05, 0) is 42.5 Å². The maximum Gasteiger partial charge on any atom is 0.340 e. The molecule has 148 valence electrons. The van der Waals surface area contributed by atoms with Crippen LogP contribution in [0.4, 0.5) is 5.69 Å². The minimum absolute atomic E-state index is 0.0911. The van der Waals surface area contributed by atoms with Crippen molar-refractivity contribution in [3.63, 3.8) is 0 Å². The van der Waals surface area contributed by atoms with Gasteiger partial charge in [-0.3, -0.25) is 4.79 Å². The Kier molecular flexibility index (Phi) is 5.04. The number of ether oxygens (including phenoxy) is 2. The summed E-state index contributed by atoms with van der Waals surface area (Å²) in [5.41, 5.74) is 0.299. The fourth-order valence-corrected chi connectivity index (χ4v) is 4.08. The zero-order valence-corrected chi connectivity index (χ0v) is 16.4. The second kappa shape index (κ2) is 7.65. The molecule has 0 aliphatic carbocycles. The Labute approximate surface area is 171 Å². The van der Waals surface area contributed by atoms with Gasteiger partial charge in [0.25, 0.3) is 5.91 Å². The van der Waals surface area contributed by atoms with Gasteiger partial charge in [-0.2, -0.15) is 8.42 Å². The van der Waals surface area contributed by atoms with Crippen LogP contribution in [0.15, 0.2) is 71.6 Å². The number of carbonyl (C=O) groups excluding carboxylic acids is 1. The molecule has 4 rings (SSSR count). The molecule has 0 fully saturated rings. The number of hydrogen-bond acceptors (Lipinski definition) is 6. The van der Waals surface area contributed by atoms with Crippen LogP contribution < -0.4 is 19.0 Å². The topological polar surface area (TPSA) is 90.9 Å². The fraction of sp³-hybridized carbons (Fsp3) is 0.0500. The van der Waals surface area contributed by atoms with Gasteiger partial charge in [0.1, 0.15) is 27.9 Å². The lowest BCUT2D eigenvalue weighted by Crippen LogP contribution is -2.25. The lowest BCUT2D eigenvalue weighted by Gasteiger charge is -2.19. The van der Waals surface area contributed by atoms with Gasteiger partial charge in [0, 0.05) is 6.07 Å². The van der Waals surface area contributed by atoms with E-state index in [2.05, 4.69) is 5.32 Å². The standard InChI is InChI=1S/C20H14ClNO6S/c21-16-10-17-18(26-12-20(23)22-17)11-19(16)29(24,25)28-15-8-6-14(7-9-15)27-13-4-2-1-3-5-13/h1-11H,12H2,(H,22,23). The van der Waals surface area contributed by atoms with E-state index < -0.39 is 10.1 Å². The summed E-state index contributed by atoms with van der Waals surface area (Å²) < 4.78 is 41.4. The van der Waals surface area contributed by atoms with Crippen LogP contribution >= 0.6 is 11.6 Å². The zero-order chi connectivity index (χ0) is 20.4. The summed E-state index contributed by atoms with van der Waals surface area (Å²) in [6.45, 7) is -0.210. The normalized spacial score (nSPS) is 13.1. The van der Waals surface area contributed by atoms with Crippen molar-refractivity contribution in [2.45, 2.75) is 4.90 Å². The molecule has 0 unspecified atom stereocenters. The summed E-state index contributed by atoms with van der Waals surface area (Å²) >= 11 is 6.09. The maximum absolute atomic E-state index is 12.7. The molecule has 3 aromatic carbocycles. The number of halogens is 1. The molecule has 29 heavy (non-hydrogen) atoms. The average molecular weight is 432 g/mol. The Morgan fingerprint density at radius 1 is 0.931 bits per heavy atom. The molecule has 1 aliphatic heterocycles. The van der Waals surface area contributed by atoms with E-state index in [1.165, 1.54) is 24.3 Å². The summed E-state index contributed by atoms with van der Waals surface area (Å²) in [6.07, 6.45) is 0. The monoisotopic (exact) mass is 431 g/mol. The van der Waals surface area contributed by atoms with Crippen molar-refractivity contribution in [3.8, 4) is 23.0 Å². The Hall–Kier alpha value is -3.23. The van der Waals surface area contributed by atoms with Gasteiger partial charge < -0.3 is 19.0 Å². The van der Waals surface area contributed by atoms with Crippen LogP contribution in [0.2, 0.25) is 5.02 Å². The van der Waals surface area contributed by atoms with Crippen LogP contribution in [0.3, 0.4) is 0 Å². The molecule has 0 atom stereocenters. The molecule has 1 amide bonds. The maximum atomic E-state index is 12.7. The number of amides is 1. The van der Waals surface area contributed by atoms with Gasteiger partial charge in [0.05, 0.1) is 10.7 Å². The van der Waals surface area contributed by atoms with Crippen molar-refractivity contribution < 1.29 is 26.9 Å². The Balaban J connectivity index is 1.54. The van der Waals surface area contributed by atoms with Crippen molar-refractivity contribution in [1.29, 1.82) is 0 Å². The minimum Gasteiger partial charge on any atom is -0.482 e. The number of carbonyl (C=O) groups is 1. The predicted molar refractivity (Wildman–Crippen MR) is 106 cm³/mol. The molecule has 9 heteroatoms. The summed E-state index contributed by atoms with van der Waals surface area (Å²) in [6, 6.07) is 17.8. The quantitative estimate of drug-likeness (QED) is 0.608. The average Bonchev–Trinajstić information content (AvgIpc) is 2.69. The number of para-hydroxylation sites is 1. The largest absolute Gasteiger partial charge is 0.482 e. The second-order valence-corrected chi connectivity index (χ2v) is 7.96. The number of fused-ring (bicyclic) bond motifs is 1. The van der Waals surface area contributed by atoms with Gasteiger partial charge in [-0.15, -0.1) is 0 Å². The van der Waals surface area contributed by atoms with Crippen LogP contribution in [0.25, 0.3) is 0 Å². The number of anilines is 1. The summed E-state index contributed by atoms with van der Waals surface area (Å²) in [5, 5.41) is 2.46. The highest BCUT2D eigenvalue weighted by Crippen LogP contribution is 2.36. The number of rotatable bonds is 5. The zero-order valence-electron chi connectivity index (χ0n) is 14.8. The Morgan fingerprint density at radius 3 is 2.31 bits per heavy atom. The van der Waals surface area contributed by atoms with Crippen molar-refractivity contribution in [1.82, 2.24) is 0 Å². The molecular weight excluding hydrogens is 418 g/mol. The number of benzene rings is 3. The summed E-state index contributed by atoms with van der Waals surface area (Å²) in [4.78, 5) is 11.1. The summed E-state index contributed by atoms with van der Waals surface area (Å²) in [5.74, 6) is 1.12. The molecule has 1 heterocycles. The Morgan fingerprint density at radius 2 is 1.59 bits per heavy atom. The highest BCUT2D eigenvalue weighted by atomic mass is 35.5. The minimum atomic E-state index is -4.23. The first-order chi connectivity index (χ1) is 13.9. The fourth-order valence-electron chi connectivity index (χ4n) is 2.63. The molecule has 0 radical (unpaired) electrons.